The Morgan fingerprint density at radius 3 is 2.42 bits per heavy atom. The lowest BCUT2D eigenvalue weighted by Crippen LogP contribution is -2.67. The molecule has 0 radical (unpaired) electrons. The first-order chi connectivity index (χ1) is 17.8. The molecule has 222 valence electrons. The van der Waals surface area contributed by atoms with E-state index in [1.807, 2.05) is 6.92 Å². The van der Waals surface area contributed by atoms with Crippen molar-refractivity contribution in [1.29, 1.82) is 0 Å². The fourth-order valence-electron chi connectivity index (χ4n) is 5.23. The highest BCUT2D eigenvalue weighted by Gasteiger charge is 2.51. The van der Waals surface area contributed by atoms with Crippen molar-refractivity contribution >= 4 is 5.91 Å². The van der Waals surface area contributed by atoms with Crippen LogP contribution in [-0.4, -0.2) is 118 Å². The molecule has 3 rings (SSSR count). The molecule has 0 spiro atoms. The van der Waals surface area contributed by atoms with Gasteiger partial charge in [0.15, 0.2) is 18.7 Å². The quantitative estimate of drug-likeness (QED) is 0.152. The van der Waals surface area contributed by atoms with E-state index in [0.717, 1.165) is 12.8 Å². The van der Waals surface area contributed by atoms with Gasteiger partial charge in [-0.25, -0.2) is 0 Å². The highest BCUT2D eigenvalue weighted by Crippen LogP contribution is 2.35. The molecule has 2 aliphatic heterocycles. The number of aliphatic hydroxyl groups is 5. The third-order valence-corrected chi connectivity index (χ3v) is 8.29. The monoisotopic (exact) mass is 549 g/mol. The molecule has 13 nitrogen and oxygen atoms in total. The summed E-state index contributed by atoms with van der Waals surface area (Å²) in [5.41, 5.74) is 10.9. The van der Waals surface area contributed by atoms with Crippen LogP contribution in [0, 0.1) is 11.8 Å². The van der Waals surface area contributed by atoms with Gasteiger partial charge in [0.1, 0.15) is 24.4 Å². The van der Waals surface area contributed by atoms with E-state index in [-0.39, 0.29) is 31.5 Å². The third-order valence-electron chi connectivity index (χ3n) is 8.29. The van der Waals surface area contributed by atoms with Crippen molar-refractivity contribution in [3.63, 3.8) is 0 Å². The van der Waals surface area contributed by atoms with E-state index in [4.69, 9.17) is 30.4 Å². The average Bonchev–Trinajstić information content (AvgIpc) is 2.88. The molecular formula is C25H47N3O10. The minimum absolute atomic E-state index is 0.0197. The summed E-state index contributed by atoms with van der Waals surface area (Å²) in [7, 11) is 0. The molecule has 14 atom stereocenters. The maximum Gasteiger partial charge on any atom is 0.251 e. The van der Waals surface area contributed by atoms with Crippen molar-refractivity contribution in [3.8, 4) is 0 Å². The first-order valence-corrected chi connectivity index (χ1v) is 13.6. The van der Waals surface area contributed by atoms with Gasteiger partial charge in [0, 0.05) is 24.4 Å². The van der Waals surface area contributed by atoms with Gasteiger partial charge in [-0.2, -0.15) is 0 Å². The summed E-state index contributed by atoms with van der Waals surface area (Å²) in [6.45, 7) is 6.99. The standard InChI is InChI=1S/C25H47N3O10/c1-5-16(29)18(31)22(33)28-15-8-14(27)20(37-23-11(2)6-7-13(9-26)36-23)19(32)21(15)38-24-17(30)12(3)25(4,34)10-35-24/h11-21,23-24,29-32,34H,5-10,26-27H2,1-4H3,(H,28,33)/t11?,12-,13+,14+,15-,16?,17?,18+,19?,20?,21?,23-,24-,25?/m1/s1. The SMILES string of the molecule is CCC(O)[C@H](O)C(=O)N[C@@H]1C[C@H](N)C(O[C@H]2O[C@H](CN)CCC2C)C(O)C1O[C@H]1OCC(C)(O)[C@H](C)C1O. The van der Waals surface area contributed by atoms with Crippen LogP contribution in [0.1, 0.15) is 53.4 Å². The molecular weight excluding hydrogens is 502 g/mol. The molecule has 1 amide bonds. The van der Waals surface area contributed by atoms with Gasteiger partial charge in [0.2, 0.25) is 0 Å². The van der Waals surface area contributed by atoms with E-state index in [0.29, 0.717) is 6.54 Å². The molecule has 0 aromatic heterocycles. The largest absolute Gasteiger partial charge is 0.390 e. The molecule has 3 aliphatic rings. The Hall–Kier alpha value is -0.970. The average molecular weight is 550 g/mol. The predicted octanol–water partition coefficient (Wildman–Crippen LogP) is -2.33. The molecule has 10 N–H and O–H groups in total. The molecule has 38 heavy (non-hydrogen) atoms. The number of nitrogens with one attached hydrogen (secondary N) is 1. The van der Waals surface area contributed by atoms with Crippen LogP contribution in [0.4, 0.5) is 0 Å². The van der Waals surface area contributed by atoms with Crippen molar-refractivity contribution in [2.24, 2.45) is 23.3 Å². The van der Waals surface area contributed by atoms with Crippen molar-refractivity contribution in [1.82, 2.24) is 5.32 Å². The number of amides is 1. The number of nitrogens with two attached hydrogens (primary N) is 2. The summed E-state index contributed by atoms with van der Waals surface area (Å²) in [6, 6.07) is -1.67. The Morgan fingerprint density at radius 1 is 1.13 bits per heavy atom. The molecule has 1 saturated carbocycles. The van der Waals surface area contributed by atoms with E-state index in [1.54, 1.807) is 20.8 Å². The molecule has 0 bridgehead atoms. The van der Waals surface area contributed by atoms with Gasteiger partial charge in [0.05, 0.1) is 30.5 Å². The zero-order chi connectivity index (χ0) is 28.4. The minimum Gasteiger partial charge on any atom is -0.390 e. The number of aliphatic hydroxyl groups excluding tert-OH is 4. The lowest BCUT2D eigenvalue weighted by molar-refractivity contribution is -0.315. The molecule has 0 aromatic carbocycles. The van der Waals surface area contributed by atoms with Crippen molar-refractivity contribution in [2.45, 2.75) is 126 Å². The topological polar surface area (TPSA) is 219 Å². The normalized spacial score (nSPS) is 45.8. The second-order valence-electron chi connectivity index (χ2n) is 11.4. The highest BCUT2D eigenvalue weighted by molar-refractivity contribution is 5.81. The Bertz CT molecular complexity index is 776. The van der Waals surface area contributed by atoms with Crippen LogP contribution in [0.3, 0.4) is 0 Å². The summed E-state index contributed by atoms with van der Waals surface area (Å²) in [4.78, 5) is 12.7. The fraction of sp³-hybridized carbons (Fsp3) is 0.960. The zero-order valence-corrected chi connectivity index (χ0v) is 22.7. The number of hydrogen-bond donors (Lipinski definition) is 8. The number of ether oxygens (including phenoxy) is 4. The van der Waals surface area contributed by atoms with Crippen LogP contribution < -0.4 is 16.8 Å². The van der Waals surface area contributed by atoms with Crippen LogP contribution in [0.2, 0.25) is 0 Å². The number of carbonyl (C=O) groups is 1. The van der Waals surface area contributed by atoms with Crippen molar-refractivity contribution in [3.05, 3.63) is 0 Å². The Kier molecular flexibility index (Phi) is 10.9. The first-order valence-electron chi connectivity index (χ1n) is 13.6. The second-order valence-corrected chi connectivity index (χ2v) is 11.4. The van der Waals surface area contributed by atoms with Gasteiger partial charge >= 0.3 is 0 Å². The van der Waals surface area contributed by atoms with Crippen LogP contribution in [0.15, 0.2) is 0 Å². The third kappa shape index (κ3) is 7.02. The second kappa shape index (κ2) is 13.1. The van der Waals surface area contributed by atoms with Crippen LogP contribution in [0.5, 0.6) is 0 Å². The lowest BCUT2D eigenvalue weighted by atomic mass is 9.82. The Morgan fingerprint density at radius 2 is 1.79 bits per heavy atom. The Labute approximate surface area is 223 Å². The molecule has 13 heteroatoms. The molecule has 2 saturated heterocycles. The summed E-state index contributed by atoms with van der Waals surface area (Å²) >= 11 is 0. The molecule has 7 unspecified atom stereocenters. The zero-order valence-electron chi connectivity index (χ0n) is 22.7. The van der Waals surface area contributed by atoms with Crippen LogP contribution in [0.25, 0.3) is 0 Å². The minimum atomic E-state index is -1.70. The fourth-order valence-corrected chi connectivity index (χ4v) is 5.23. The summed E-state index contributed by atoms with van der Waals surface area (Å²) in [5, 5.41) is 55.4. The van der Waals surface area contributed by atoms with Gasteiger partial charge in [-0.15, -0.1) is 0 Å². The van der Waals surface area contributed by atoms with Gasteiger partial charge in [-0.1, -0.05) is 20.8 Å². The van der Waals surface area contributed by atoms with E-state index >= 15 is 0 Å². The molecule has 1 aliphatic carbocycles. The maximum atomic E-state index is 12.7. The summed E-state index contributed by atoms with van der Waals surface area (Å²) < 4.78 is 23.8. The van der Waals surface area contributed by atoms with Crippen molar-refractivity contribution < 1.29 is 49.3 Å². The summed E-state index contributed by atoms with van der Waals surface area (Å²) in [5.74, 6) is -1.45. The number of rotatable bonds is 9. The number of hydrogen-bond acceptors (Lipinski definition) is 12. The van der Waals surface area contributed by atoms with Gasteiger partial charge < -0.3 is 61.3 Å². The van der Waals surface area contributed by atoms with Crippen LogP contribution in [-0.2, 0) is 23.7 Å². The van der Waals surface area contributed by atoms with E-state index in [2.05, 4.69) is 5.32 Å². The molecule has 0 aromatic rings. The number of carbonyl (C=O) groups excluding carboxylic acids is 1. The predicted molar refractivity (Wildman–Crippen MR) is 134 cm³/mol. The van der Waals surface area contributed by atoms with Gasteiger partial charge in [0.25, 0.3) is 5.91 Å². The van der Waals surface area contributed by atoms with Gasteiger partial charge in [-0.3, -0.25) is 4.79 Å². The highest BCUT2D eigenvalue weighted by atomic mass is 16.7. The molecule has 3 fully saturated rings. The van der Waals surface area contributed by atoms with E-state index < -0.39 is 78.7 Å². The summed E-state index contributed by atoms with van der Waals surface area (Å²) in [6.07, 6.45) is -7.94. The maximum absolute atomic E-state index is 12.7. The van der Waals surface area contributed by atoms with Crippen LogP contribution >= 0.6 is 0 Å². The van der Waals surface area contributed by atoms with Crippen molar-refractivity contribution in [2.75, 3.05) is 13.2 Å². The van der Waals surface area contributed by atoms with E-state index in [1.165, 1.54) is 0 Å². The van der Waals surface area contributed by atoms with E-state index in [9.17, 15) is 30.3 Å². The van der Waals surface area contributed by atoms with Gasteiger partial charge in [-0.05, 0) is 32.6 Å². The lowest BCUT2D eigenvalue weighted by Gasteiger charge is -2.48. The smallest absolute Gasteiger partial charge is 0.251 e. The molecule has 2 heterocycles. The first kappa shape index (κ1) is 31.6. The Balaban J connectivity index is 1.81.